The second kappa shape index (κ2) is 6.35. The number of hydrogen-bond acceptors (Lipinski definition) is 4. The summed E-state index contributed by atoms with van der Waals surface area (Å²) in [5.41, 5.74) is 1.57. The summed E-state index contributed by atoms with van der Waals surface area (Å²) in [4.78, 5) is 16.4. The van der Waals surface area contributed by atoms with Gasteiger partial charge in [-0.3, -0.25) is 4.79 Å². The van der Waals surface area contributed by atoms with Gasteiger partial charge in [0.2, 0.25) is 0 Å². The highest BCUT2D eigenvalue weighted by Crippen LogP contribution is 2.35. The van der Waals surface area contributed by atoms with Crippen molar-refractivity contribution in [1.82, 2.24) is 10.2 Å². The molecule has 0 aliphatic carbocycles. The van der Waals surface area contributed by atoms with E-state index < -0.39 is 0 Å². The lowest BCUT2D eigenvalue weighted by molar-refractivity contribution is 0.0638. The first-order valence-electron chi connectivity index (χ1n) is 7.32. The van der Waals surface area contributed by atoms with E-state index >= 15 is 0 Å². The predicted octanol–water partition coefficient (Wildman–Crippen LogP) is 1.44. The van der Waals surface area contributed by atoms with E-state index in [1.807, 2.05) is 51.3 Å². The van der Waals surface area contributed by atoms with Crippen LogP contribution in [0.3, 0.4) is 0 Å². The molecule has 0 saturated carbocycles. The molecule has 0 fully saturated rings. The number of likely N-dealkylation sites (N-methyl/N-ethyl adjacent to an activating group) is 1. The van der Waals surface area contributed by atoms with Gasteiger partial charge in [-0.2, -0.15) is 0 Å². The predicted molar refractivity (Wildman–Crippen MR) is 85.2 cm³/mol. The second-order valence-electron chi connectivity index (χ2n) is 5.93. The van der Waals surface area contributed by atoms with Crippen molar-refractivity contribution in [3.63, 3.8) is 0 Å². The third-order valence-electron chi connectivity index (χ3n) is 3.92. The van der Waals surface area contributed by atoms with Crippen molar-refractivity contribution in [3.8, 4) is 5.75 Å². The molecule has 1 aromatic carbocycles. The SMILES string of the molecule is CNC[C@@H]1Oc2c(cccc2N(C)C)C(=O)N(C)C[C@@H]1C. The minimum absolute atomic E-state index is 0.0171. The molecule has 2 rings (SSSR count). The molecule has 0 radical (unpaired) electrons. The molecule has 1 aromatic rings. The zero-order valence-electron chi connectivity index (χ0n) is 13.5. The van der Waals surface area contributed by atoms with Gasteiger partial charge in [-0.05, 0) is 19.2 Å². The van der Waals surface area contributed by atoms with Gasteiger partial charge >= 0.3 is 0 Å². The van der Waals surface area contributed by atoms with E-state index in [-0.39, 0.29) is 17.9 Å². The lowest BCUT2D eigenvalue weighted by atomic mass is 10.0. The minimum Gasteiger partial charge on any atom is -0.486 e. The topological polar surface area (TPSA) is 44.8 Å². The zero-order valence-corrected chi connectivity index (χ0v) is 13.5. The molecule has 1 aliphatic heterocycles. The highest BCUT2D eigenvalue weighted by atomic mass is 16.5. The summed E-state index contributed by atoms with van der Waals surface area (Å²) >= 11 is 0. The second-order valence-corrected chi connectivity index (χ2v) is 5.93. The van der Waals surface area contributed by atoms with Crippen LogP contribution < -0.4 is 15.0 Å². The molecule has 1 aliphatic rings. The Kier molecular flexibility index (Phi) is 4.73. The quantitative estimate of drug-likeness (QED) is 0.915. The molecule has 2 atom stereocenters. The number of carbonyl (C=O) groups is 1. The number of para-hydroxylation sites is 1. The van der Waals surface area contributed by atoms with Gasteiger partial charge < -0.3 is 19.9 Å². The zero-order chi connectivity index (χ0) is 15.6. The Bertz CT molecular complexity index is 516. The number of fused-ring (bicyclic) bond motifs is 1. The van der Waals surface area contributed by atoms with Crippen LogP contribution in [0.15, 0.2) is 18.2 Å². The van der Waals surface area contributed by atoms with Crippen LogP contribution in [0, 0.1) is 5.92 Å². The van der Waals surface area contributed by atoms with E-state index in [1.165, 1.54) is 0 Å². The third-order valence-corrected chi connectivity index (χ3v) is 3.92. The number of benzene rings is 1. The van der Waals surface area contributed by atoms with Crippen molar-refractivity contribution in [2.24, 2.45) is 5.92 Å². The van der Waals surface area contributed by atoms with Crippen LogP contribution in [0.1, 0.15) is 17.3 Å². The molecule has 1 amide bonds. The van der Waals surface area contributed by atoms with E-state index in [2.05, 4.69) is 12.2 Å². The lowest BCUT2D eigenvalue weighted by Crippen LogP contribution is -2.44. The molecule has 0 spiro atoms. The van der Waals surface area contributed by atoms with Crippen LogP contribution in [-0.4, -0.2) is 58.2 Å². The number of ether oxygens (including phenoxy) is 1. The van der Waals surface area contributed by atoms with Gasteiger partial charge in [0.05, 0.1) is 11.3 Å². The highest BCUT2D eigenvalue weighted by molar-refractivity contribution is 5.99. The van der Waals surface area contributed by atoms with E-state index in [9.17, 15) is 4.79 Å². The average molecular weight is 291 g/mol. The molecule has 0 unspecified atom stereocenters. The lowest BCUT2D eigenvalue weighted by Gasteiger charge is -2.34. The van der Waals surface area contributed by atoms with Gasteiger partial charge in [0.1, 0.15) is 6.10 Å². The van der Waals surface area contributed by atoms with Gasteiger partial charge in [0.15, 0.2) is 5.75 Å². The highest BCUT2D eigenvalue weighted by Gasteiger charge is 2.30. The Morgan fingerprint density at radius 1 is 1.43 bits per heavy atom. The van der Waals surface area contributed by atoms with Crippen molar-refractivity contribution in [3.05, 3.63) is 23.8 Å². The van der Waals surface area contributed by atoms with Crippen molar-refractivity contribution in [1.29, 1.82) is 0 Å². The maximum Gasteiger partial charge on any atom is 0.257 e. The van der Waals surface area contributed by atoms with Crippen LogP contribution in [0.25, 0.3) is 0 Å². The normalized spacial score (nSPS) is 22.1. The fourth-order valence-electron chi connectivity index (χ4n) is 2.72. The molecular formula is C16H25N3O2. The van der Waals surface area contributed by atoms with Crippen LogP contribution in [-0.2, 0) is 0 Å². The van der Waals surface area contributed by atoms with E-state index in [0.29, 0.717) is 17.9 Å². The first-order valence-corrected chi connectivity index (χ1v) is 7.32. The summed E-state index contributed by atoms with van der Waals surface area (Å²) in [5.74, 6) is 0.962. The maximum absolute atomic E-state index is 12.6. The first-order chi connectivity index (χ1) is 9.95. The van der Waals surface area contributed by atoms with E-state index in [0.717, 1.165) is 12.2 Å². The van der Waals surface area contributed by atoms with E-state index in [1.54, 1.807) is 4.90 Å². The van der Waals surface area contributed by atoms with Crippen molar-refractivity contribution < 1.29 is 9.53 Å². The summed E-state index contributed by atoms with van der Waals surface area (Å²) in [6, 6.07) is 5.73. The Labute approximate surface area is 126 Å². The Morgan fingerprint density at radius 3 is 2.76 bits per heavy atom. The van der Waals surface area contributed by atoms with Crippen molar-refractivity contribution in [2.75, 3.05) is 46.2 Å². The molecule has 0 bridgehead atoms. The van der Waals surface area contributed by atoms with Gasteiger partial charge in [-0.1, -0.05) is 13.0 Å². The van der Waals surface area contributed by atoms with Gasteiger partial charge in [-0.15, -0.1) is 0 Å². The fraction of sp³-hybridized carbons (Fsp3) is 0.562. The molecule has 0 aromatic heterocycles. The number of amides is 1. The minimum atomic E-state index is 0.0171. The molecule has 21 heavy (non-hydrogen) atoms. The van der Waals surface area contributed by atoms with Crippen molar-refractivity contribution in [2.45, 2.75) is 13.0 Å². The van der Waals surface area contributed by atoms with Crippen LogP contribution in [0.5, 0.6) is 5.75 Å². The molecular weight excluding hydrogens is 266 g/mol. The Hall–Kier alpha value is -1.75. The molecule has 116 valence electrons. The third kappa shape index (κ3) is 3.13. The maximum atomic E-state index is 12.6. The summed E-state index contributed by atoms with van der Waals surface area (Å²) in [5, 5.41) is 3.18. The number of anilines is 1. The molecule has 5 heteroatoms. The first kappa shape index (κ1) is 15.6. The number of nitrogens with zero attached hydrogens (tertiary/aromatic N) is 2. The smallest absolute Gasteiger partial charge is 0.257 e. The molecule has 5 nitrogen and oxygen atoms in total. The standard InChI is InChI=1S/C16H25N3O2/c1-11-10-19(5)16(20)12-7-6-8-13(18(3)4)15(12)21-14(11)9-17-2/h6-8,11,14,17H,9-10H2,1-5H3/t11-,14-/m0/s1. The van der Waals surface area contributed by atoms with Crippen molar-refractivity contribution >= 4 is 11.6 Å². The number of carbonyl (C=O) groups excluding carboxylic acids is 1. The van der Waals surface area contributed by atoms with E-state index in [4.69, 9.17) is 4.74 Å². The molecule has 1 heterocycles. The summed E-state index contributed by atoms with van der Waals surface area (Å²) in [6.45, 7) is 3.57. The van der Waals surface area contributed by atoms with Gasteiger partial charge in [0.25, 0.3) is 5.91 Å². The number of nitrogens with one attached hydrogen (secondary N) is 1. The summed E-state index contributed by atoms with van der Waals surface area (Å²) < 4.78 is 6.25. The largest absolute Gasteiger partial charge is 0.486 e. The monoisotopic (exact) mass is 291 g/mol. The Balaban J connectivity index is 2.52. The van der Waals surface area contributed by atoms with Crippen LogP contribution >= 0.6 is 0 Å². The van der Waals surface area contributed by atoms with Gasteiger partial charge in [0, 0.05) is 40.2 Å². The number of rotatable bonds is 3. The number of hydrogen-bond donors (Lipinski definition) is 1. The summed E-state index contributed by atoms with van der Waals surface area (Å²) in [6.07, 6.45) is 0.0328. The van der Waals surface area contributed by atoms with Gasteiger partial charge in [-0.25, -0.2) is 0 Å². The van der Waals surface area contributed by atoms with Crippen LogP contribution in [0.2, 0.25) is 0 Å². The average Bonchev–Trinajstić information content (AvgIpc) is 2.44. The molecule has 1 N–H and O–H groups in total. The fourth-order valence-corrected chi connectivity index (χ4v) is 2.72. The van der Waals surface area contributed by atoms with Crippen LogP contribution in [0.4, 0.5) is 5.69 Å². The summed E-state index contributed by atoms with van der Waals surface area (Å²) in [7, 11) is 7.69. The Morgan fingerprint density at radius 2 is 2.14 bits per heavy atom. The molecule has 0 saturated heterocycles.